The molecular formula is C15H17F3N2O3. The number of carbonyl (C=O) groups excluding carboxylic acids is 2. The lowest BCUT2D eigenvalue weighted by atomic mass is 10.2. The molecule has 2 amide bonds. The van der Waals surface area contributed by atoms with Crippen LogP contribution >= 0.6 is 0 Å². The molecule has 1 fully saturated rings. The van der Waals surface area contributed by atoms with Gasteiger partial charge in [0.15, 0.2) is 6.10 Å². The summed E-state index contributed by atoms with van der Waals surface area (Å²) in [7, 11) is 0. The Balaban J connectivity index is 2.15. The van der Waals surface area contributed by atoms with Gasteiger partial charge in [-0.25, -0.2) is 0 Å². The van der Waals surface area contributed by atoms with E-state index in [4.69, 9.17) is 10.5 Å². The van der Waals surface area contributed by atoms with Crippen LogP contribution in [0.4, 0.5) is 13.2 Å². The van der Waals surface area contributed by atoms with Crippen LogP contribution in [0.3, 0.4) is 0 Å². The summed E-state index contributed by atoms with van der Waals surface area (Å²) >= 11 is 0. The van der Waals surface area contributed by atoms with Gasteiger partial charge in [-0.1, -0.05) is 12.1 Å². The van der Waals surface area contributed by atoms with E-state index < -0.39 is 41.4 Å². The summed E-state index contributed by atoms with van der Waals surface area (Å²) in [6, 6.07) is 3.94. The van der Waals surface area contributed by atoms with Crippen molar-refractivity contribution < 1.29 is 27.5 Å². The van der Waals surface area contributed by atoms with E-state index >= 15 is 0 Å². The van der Waals surface area contributed by atoms with Gasteiger partial charge in [0.2, 0.25) is 5.91 Å². The first-order chi connectivity index (χ1) is 10.7. The molecule has 1 aliphatic heterocycles. The number of nitrogens with zero attached hydrogens (tertiary/aromatic N) is 1. The zero-order valence-corrected chi connectivity index (χ0v) is 12.5. The highest BCUT2D eigenvalue weighted by molar-refractivity contribution is 5.89. The Morgan fingerprint density at radius 3 is 2.61 bits per heavy atom. The van der Waals surface area contributed by atoms with Crippen LogP contribution < -0.4 is 10.5 Å². The Bertz CT molecular complexity index is 604. The first kappa shape index (κ1) is 17.1. The first-order valence-electron chi connectivity index (χ1n) is 7.14. The van der Waals surface area contributed by atoms with Crippen molar-refractivity contribution in [3.8, 4) is 5.75 Å². The Labute approximate surface area is 131 Å². The van der Waals surface area contributed by atoms with Crippen molar-refractivity contribution >= 4 is 11.8 Å². The minimum atomic E-state index is -4.58. The molecule has 0 unspecified atom stereocenters. The number of alkyl halides is 3. The van der Waals surface area contributed by atoms with E-state index in [1.54, 1.807) is 0 Å². The number of ether oxygens (including phenoxy) is 1. The Morgan fingerprint density at radius 2 is 2.00 bits per heavy atom. The molecule has 23 heavy (non-hydrogen) atoms. The van der Waals surface area contributed by atoms with Gasteiger partial charge in [0, 0.05) is 6.54 Å². The number of amides is 2. The van der Waals surface area contributed by atoms with E-state index in [1.165, 1.54) is 24.0 Å². The molecule has 0 aliphatic carbocycles. The van der Waals surface area contributed by atoms with Crippen LogP contribution in [0.15, 0.2) is 24.3 Å². The Morgan fingerprint density at radius 1 is 1.35 bits per heavy atom. The monoisotopic (exact) mass is 330 g/mol. The van der Waals surface area contributed by atoms with Crippen molar-refractivity contribution in [1.29, 1.82) is 0 Å². The molecule has 0 saturated carbocycles. The third kappa shape index (κ3) is 3.75. The molecular weight excluding hydrogens is 313 g/mol. The number of primary amides is 1. The van der Waals surface area contributed by atoms with Crippen LogP contribution in [-0.2, 0) is 15.8 Å². The van der Waals surface area contributed by atoms with E-state index in [-0.39, 0.29) is 0 Å². The summed E-state index contributed by atoms with van der Waals surface area (Å²) in [5.74, 6) is -1.60. The predicted molar refractivity (Wildman–Crippen MR) is 75.5 cm³/mol. The maximum absolute atomic E-state index is 12.9. The van der Waals surface area contributed by atoms with Gasteiger partial charge in [0.1, 0.15) is 11.8 Å². The van der Waals surface area contributed by atoms with E-state index in [9.17, 15) is 22.8 Å². The van der Waals surface area contributed by atoms with Gasteiger partial charge >= 0.3 is 6.18 Å². The normalized spacial score (nSPS) is 19.5. The summed E-state index contributed by atoms with van der Waals surface area (Å²) in [6.45, 7) is 1.69. The molecule has 1 aromatic carbocycles. The number of benzene rings is 1. The number of hydrogen-bond donors (Lipinski definition) is 1. The minimum absolute atomic E-state index is 0.334. The second kappa shape index (κ2) is 6.47. The quantitative estimate of drug-likeness (QED) is 0.917. The summed E-state index contributed by atoms with van der Waals surface area (Å²) in [4.78, 5) is 24.9. The molecule has 2 atom stereocenters. The summed E-state index contributed by atoms with van der Waals surface area (Å²) in [6.07, 6.45) is -4.67. The average molecular weight is 330 g/mol. The van der Waals surface area contributed by atoms with Crippen molar-refractivity contribution in [2.45, 2.75) is 38.1 Å². The number of likely N-dealkylation sites (tertiary alicyclic amines) is 1. The van der Waals surface area contributed by atoms with Gasteiger partial charge in [-0.2, -0.15) is 13.2 Å². The molecule has 1 aliphatic rings. The Kier molecular flexibility index (Phi) is 4.82. The van der Waals surface area contributed by atoms with Gasteiger partial charge in [-0.05, 0) is 31.9 Å². The Hall–Kier alpha value is -2.25. The highest BCUT2D eigenvalue weighted by Crippen LogP contribution is 2.36. The molecule has 2 N–H and O–H groups in total. The molecule has 0 aromatic heterocycles. The standard InChI is InChI=1S/C15H17F3N2O3/c1-9(14(22)20-8-4-6-11(20)13(19)21)23-12-7-3-2-5-10(12)15(16,17)18/h2-3,5,7,9,11H,4,6,8H2,1H3,(H2,19,21)/t9-,11+/m0/s1. The number of halogens is 3. The molecule has 5 nitrogen and oxygen atoms in total. The third-order valence-electron chi connectivity index (χ3n) is 3.71. The van der Waals surface area contributed by atoms with Crippen molar-refractivity contribution in [2.24, 2.45) is 5.73 Å². The molecule has 8 heteroatoms. The highest BCUT2D eigenvalue weighted by atomic mass is 19.4. The number of rotatable bonds is 4. The van der Waals surface area contributed by atoms with Crippen molar-refractivity contribution in [3.05, 3.63) is 29.8 Å². The average Bonchev–Trinajstić information content (AvgIpc) is 2.95. The molecule has 1 aromatic rings. The zero-order valence-electron chi connectivity index (χ0n) is 12.5. The van der Waals surface area contributed by atoms with Crippen molar-refractivity contribution in [3.63, 3.8) is 0 Å². The van der Waals surface area contributed by atoms with Gasteiger partial charge < -0.3 is 15.4 Å². The molecule has 1 saturated heterocycles. The SMILES string of the molecule is C[C@H](Oc1ccccc1C(F)(F)F)C(=O)N1CCC[C@@H]1C(N)=O. The first-order valence-corrected chi connectivity index (χ1v) is 7.14. The smallest absolute Gasteiger partial charge is 0.419 e. The zero-order chi connectivity index (χ0) is 17.2. The topological polar surface area (TPSA) is 72.6 Å². The molecule has 1 heterocycles. The van der Waals surface area contributed by atoms with Gasteiger partial charge in [0.05, 0.1) is 5.56 Å². The summed E-state index contributed by atoms with van der Waals surface area (Å²) in [5, 5.41) is 0. The number of hydrogen-bond acceptors (Lipinski definition) is 3. The molecule has 0 spiro atoms. The van der Waals surface area contributed by atoms with Crippen LogP contribution in [0.5, 0.6) is 5.75 Å². The largest absolute Gasteiger partial charge is 0.480 e. The van der Waals surface area contributed by atoms with Gasteiger partial charge in [0.25, 0.3) is 5.91 Å². The number of para-hydroxylation sites is 1. The molecule has 126 valence electrons. The third-order valence-corrected chi connectivity index (χ3v) is 3.71. The van der Waals surface area contributed by atoms with Crippen LogP contribution in [0.2, 0.25) is 0 Å². The fourth-order valence-electron chi connectivity index (χ4n) is 2.60. The lowest BCUT2D eigenvalue weighted by molar-refractivity contribution is -0.145. The maximum Gasteiger partial charge on any atom is 0.419 e. The van der Waals surface area contributed by atoms with E-state index in [0.717, 1.165) is 12.1 Å². The van der Waals surface area contributed by atoms with Crippen molar-refractivity contribution in [1.82, 2.24) is 4.90 Å². The molecule has 0 bridgehead atoms. The fourth-order valence-corrected chi connectivity index (χ4v) is 2.60. The van der Waals surface area contributed by atoms with E-state index in [2.05, 4.69) is 0 Å². The van der Waals surface area contributed by atoms with Crippen LogP contribution in [-0.4, -0.2) is 35.4 Å². The summed E-state index contributed by atoms with van der Waals surface area (Å²) in [5.41, 5.74) is 4.29. The van der Waals surface area contributed by atoms with E-state index in [1.807, 2.05) is 0 Å². The summed E-state index contributed by atoms with van der Waals surface area (Å²) < 4.78 is 44.0. The van der Waals surface area contributed by atoms with E-state index in [0.29, 0.717) is 19.4 Å². The lowest BCUT2D eigenvalue weighted by Crippen LogP contribution is -2.48. The van der Waals surface area contributed by atoms with Crippen LogP contribution in [0, 0.1) is 0 Å². The van der Waals surface area contributed by atoms with Crippen LogP contribution in [0.25, 0.3) is 0 Å². The second-order valence-electron chi connectivity index (χ2n) is 5.35. The lowest BCUT2D eigenvalue weighted by Gasteiger charge is -2.26. The predicted octanol–water partition coefficient (Wildman–Crippen LogP) is 1.95. The minimum Gasteiger partial charge on any atom is -0.480 e. The molecule has 0 radical (unpaired) electrons. The second-order valence-corrected chi connectivity index (χ2v) is 5.35. The number of nitrogens with two attached hydrogens (primary N) is 1. The van der Waals surface area contributed by atoms with Gasteiger partial charge in [-0.3, -0.25) is 9.59 Å². The van der Waals surface area contributed by atoms with Crippen LogP contribution in [0.1, 0.15) is 25.3 Å². The maximum atomic E-state index is 12.9. The van der Waals surface area contributed by atoms with Gasteiger partial charge in [-0.15, -0.1) is 0 Å². The van der Waals surface area contributed by atoms with Crippen molar-refractivity contribution in [2.75, 3.05) is 6.54 Å². The highest BCUT2D eigenvalue weighted by Gasteiger charge is 2.37. The molecule has 2 rings (SSSR count). The number of carbonyl (C=O) groups is 2. The fraction of sp³-hybridized carbons (Fsp3) is 0.467.